The maximum atomic E-state index is 6.58. The summed E-state index contributed by atoms with van der Waals surface area (Å²) in [6.45, 7) is 6.62. The van der Waals surface area contributed by atoms with Gasteiger partial charge in [0.2, 0.25) is 0 Å². The lowest BCUT2D eigenvalue weighted by Gasteiger charge is -2.16. The summed E-state index contributed by atoms with van der Waals surface area (Å²) in [5.41, 5.74) is 1.10. The second kappa shape index (κ2) is 5.77. The van der Waals surface area contributed by atoms with E-state index in [-0.39, 0.29) is 10.8 Å². The highest BCUT2D eigenvalue weighted by molar-refractivity contribution is 9.10. The van der Waals surface area contributed by atoms with Gasteiger partial charge in [-0.2, -0.15) is 0 Å². The van der Waals surface area contributed by atoms with Crippen LogP contribution >= 0.6 is 50.5 Å². The summed E-state index contributed by atoms with van der Waals surface area (Å²) in [5.74, 6) is 0. The van der Waals surface area contributed by atoms with Gasteiger partial charge in [-0.15, -0.1) is 22.9 Å². The van der Waals surface area contributed by atoms with Crippen molar-refractivity contribution in [2.75, 3.05) is 0 Å². The lowest BCUT2D eigenvalue weighted by molar-refractivity contribution is 0.604. The van der Waals surface area contributed by atoms with Gasteiger partial charge >= 0.3 is 0 Å². The molecule has 0 bridgehead atoms. The van der Waals surface area contributed by atoms with Crippen molar-refractivity contribution in [2.24, 2.45) is 0 Å². The van der Waals surface area contributed by atoms with Gasteiger partial charge in [-0.25, -0.2) is 0 Å². The van der Waals surface area contributed by atoms with Crippen LogP contribution in [0.15, 0.2) is 34.8 Å². The van der Waals surface area contributed by atoms with Crippen LogP contribution in [-0.4, -0.2) is 0 Å². The molecular formula is C15H15BrCl2S. The molecule has 19 heavy (non-hydrogen) atoms. The molecule has 0 saturated carbocycles. The van der Waals surface area contributed by atoms with Gasteiger partial charge in [0.15, 0.2) is 0 Å². The van der Waals surface area contributed by atoms with Crippen molar-refractivity contribution in [1.82, 2.24) is 0 Å². The molecule has 2 rings (SSSR count). The van der Waals surface area contributed by atoms with Crippen LogP contribution in [0.4, 0.5) is 0 Å². The standard InChI is InChI=1S/C15H15BrCl2S/c1-15(2,3)13-7-6-12(19-13)14(18)10-8-9(16)4-5-11(10)17/h4-8,14H,1-3H3. The fraction of sp³-hybridized carbons (Fsp3) is 0.333. The molecule has 4 heteroatoms. The maximum absolute atomic E-state index is 6.58. The SMILES string of the molecule is CC(C)(C)c1ccc(C(Cl)c2cc(Br)ccc2Cl)s1. The Morgan fingerprint density at radius 1 is 1.16 bits per heavy atom. The van der Waals surface area contributed by atoms with Crippen LogP contribution in [-0.2, 0) is 5.41 Å². The molecule has 0 aliphatic heterocycles. The summed E-state index contributed by atoms with van der Waals surface area (Å²) in [5, 5.41) is 0.500. The van der Waals surface area contributed by atoms with Crippen molar-refractivity contribution in [2.45, 2.75) is 31.6 Å². The number of alkyl halides is 1. The molecule has 1 atom stereocenters. The van der Waals surface area contributed by atoms with Crippen LogP contribution in [0.3, 0.4) is 0 Å². The van der Waals surface area contributed by atoms with E-state index in [0.29, 0.717) is 5.02 Å². The topological polar surface area (TPSA) is 0 Å². The third-order valence-electron chi connectivity index (χ3n) is 2.85. The van der Waals surface area contributed by atoms with E-state index in [1.807, 2.05) is 18.2 Å². The molecule has 102 valence electrons. The maximum Gasteiger partial charge on any atom is 0.0942 e. The normalized spacial score (nSPS) is 13.6. The minimum absolute atomic E-state index is 0.153. The number of thiophene rings is 1. The van der Waals surface area contributed by atoms with E-state index >= 15 is 0 Å². The predicted octanol–water partition coefficient (Wildman–Crippen LogP) is 6.79. The highest BCUT2D eigenvalue weighted by atomic mass is 79.9. The Balaban J connectivity index is 2.36. The quantitative estimate of drug-likeness (QED) is 0.505. The van der Waals surface area contributed by atoms with Gasteiger partial charge in [-0.05, 0) is 41.3 Å². The largest absolute Gasteiger partial charge is 0.143 e. The molecule has 0 saturated heterocycles. The Morgan fingerprint density at radius 3 is 2.42 bits per heavy atom. The predicted molar refractivity (Wildman–Crippen MR) is 89.9 cm³/mol. The third-order valence-corrected chi connectivity index (χ3v) is 5.86. The monoisotopic (exact) mass is 376 g/mol. The lowest BCUT2D eigenvalue weighted by Crippen LogP contribution is -2.07. The van der Waals surface area contributed by atoms with E-state index in [0.717, 1.165) is 14.9 Å². The Bertz CT molecular complexity index is 584. The zero-order chi connectivity index (χ0) is 14.2. The molecular weight excluding hydrogens is 363 g/mol. The van der Waals surface area contributed by atoms with Crippen LogP contribution in [0, 0.1) is 0 Å². The van der Waals surface area contributed by atoms with E-state index in [4.69, 9.17) is 23.2 Å². The molecule has 1 aromatic carbocycles. The van der Waals surface area contributed by atoms with Crippen molar-refractivity contribution in [3.8, 4) is 0 Å². The first kappa shape index (κ1) is 15.4. The van der Waals surface area contributed by atoms with E-state index in [9.17, 15) is 0 Å². The van der Waals surface area contributed by atoms with Gasteiger partial charge in [0.05, 0.1) is 5.38 Å². The van der Waals surface area contributed by atoms with Crippen molar-refractivity contribution < 1.29 is 0 Å². The molecule has 0 nitrogen and oxygen atoms in total. The zero-order valence-electron chi connectivity index (χ0n) is 11.0. The Kier molecular flexibility index (Phi) is 4.67. The molecule has 0 N–H and O–H groups in total. The smallest absolute Gasteiger partial charge is 0.0942 e. The molecule has 0 amide bonds. The molecule has 1 unspecified atom stereocenters. The number of benzene rings is 1. The molecule has 0 fully saturated rings. The number of rotatable bonds is 2. The third kappa shape index (κ3) is 3.55. The Hall–Kier alpha value is -0.0200. The van der Waals surface area contributed by atoms with E-state index < -0.39 is 0 Å². The number of hydrogen-bond acceptors (Lipinski definition) is 1. The molecule has 1 heterocycles. The first-order valence-electron chi connectivity index (χ1n) is 5.98. The summed E-state index contributed by atoms with van der Waals surface area (Å²) < 4.78 is 0.991. The molecule has 0 aliphatic rings. The van der Waals surface area contributed by atoms with Crippen LogP contribution in [0.5, 0.6) is 0 Å². The Labute approximate surface area is 136 Å². The van der Waals surface area contributed by atoms with Gasteiger partial charge in [0.25, 0.3) is 0 Å². The lowest BCUT2D eigenvalue weighted by atomic mass is 9.95. The summed E-state index contributed by atoms with van der Waals surface area (Å²) >= 11 is 18.0. The fourth-order valence-electron chi connectivity index (χ4n) is 1.75. The van der Waals surface area contributed by atoms with Gasteiger partial charge in [-0.1, -0.05) is 48.3 Å². The summed E-state index contributed by atoms with van der Waals surface area (Å²) in [6, 6.07) is 10.0. The zero-order valence-corrected chi connectivity index (χ0v) is 14.9. The van der Waals surface area contributed by atoms with Crippen LogP contribution < -0.4 is 0 Å². The van der Waals surface area contributed by atoms with Crippen molar-refractivity contribution in [3.05, 3.63) is 55.1 Å². The van der Waals surface area contributed by atoms with Gasteiger partial charge in [0, 0.05) is 19.2 Å². The summed E-state index contributed by atoms with van der Waals surface area (Å²) in [4.78, 5) is 2.46. The van der Waals surface area contributed by atoms with Crippen LogP contribution in [0.1, 0.15) is 41.5 Å². The van der Waals surface area contributed by atoms with E-state index in [2.05, 4.69) is 48.8 Å². The first-order chi connectivity index (χ1) is 8.79. The minimum atomic E-state index is -0.203. The van der Waals surface area contributed by atoms with Gasteiger partial charge in [-0.3, -0.25) is 0 Å². The molecule has 0 spiro atoms. The molecule has 2 aromatic rings. The second-order valence-corrected chi connectivity index (χ2v) is 8.36. The average Bonchev–Trinajstić information content (AvgIpc) is 2.80. The molecule has 0 aliphatic carbocycles. The highest BCUT2D eigenvalue weighted by Gasteiger charge is 2.21. The molecule has 0 radical (unpaired) electrons. The number of halogens is 3. The van der Waals surface area contributed by atoms with Gasteiger partial charge in [0.1, 0.15) is 0 Å². The second-order valence-electron chi connectivity index (χ2n) is 5.48. The van der Waals surface area contributed by atoms with Crippen molar-refractivity contribution in [3.63, 3.8) is 0 Å². The van der Waals surface area contributed by atoms with Crippen LogP contribution in [0.25, 0.3) is 0 Å². The highest BCUT2D eigenvalue weighted by Crippen LogP contribution is 2.40. The van der Waals surface area contributed by atoms with E-state index in [1.165, 1.54) is 4.88 Å². The van der Waals surface area contributed by atoms with E-state index in [1.54, 1.807) is 11.3 Å². The van der Waals surface area contributed by atoms with Crippen LogP contribution in [0.2, 0.25) is 5.02 Å². The Morgan fingerprint density at radius 2 is 1.84 bits per heavy atom. The summed E-state index contributed by atoms with van der Waals surface area (Å²) in [7, 11) is 0. The van der Waals surface area contributed by atoms with Crippen molar-refractivity contribution >= 4 is 50.5 Å². The number of hydrogen-bond donors (Lipinski definition) is 0. The minimum Gasteiger partial charge on any atom is -0.143 e. The van der Waals surface area contributed by atoms with Crippen molar-refractivity contribution in [1.29, 1.82) is 0 Å². The summed E-state index contributed by atoms with van der Waals surface area (Å²) in [6.07, 6.45) is 0. The molecule has 1 aromatic heterocycles. The van der Waals surface area contributed by atoms with Gasteiger partial charge < -0.3 is 0 Å². The fourth-order valence-corrected chi connectivity index (χ4v) is 3.87. The average molecular weight is 378 g/mol. The first-order valence-corrected chi connectivity index (χ1v) is 8.40.